The first kappa shape index (κ1) is 16.4. The molecule has 1 heterocycles. The van der Waals surface area contributed by atoms with Crippen LogP contribution in [0.25, 0.3) is 11.4 Å². The molecule has 6 nitrogen and oxygen atoms in total. The van der Waals surface area contributed by atoms with E-state index in [4.69, 9.17) is 23.2 Å². The Labute approximate surface area is 146 Å². The summed E-state index contributed by atoms with van der Waals surface area (Å²) < 4.78 is 13.7. The van der Waals surface area contributed by atoms with Crippen LogP contribution in [0, 0.1) is 5.82 Å². The number of halogens is 3. The molecular formula is C15H10Cl2FN5O. The highest BCUT2D eigenvalue weighted by atomic mass is 35.5. The third-order valence-corrected chi connectivity index (χ3v) is 3.62. The van der Waals surface area contributed by atoms with E-state index in [1.165, 1.54) is 12.1 Å². The molecule has 1 amide bonds. The number of hydrogen-bond donors (Lipinski definition) is 1. The van der Waals surface area contributed by atoms with Crippen LogP contribution in [0.1, 0.15) is 0 Å². The van der Waals surface area contributed by atoms with Crippen molar-refractivity contribution in [3.63, 3.8) is 0 Å². The largest absolute Gasteiger partial charge is 0.322 e. The molecule has 0 aliphatic heterocycles. The van der Waals surface area contributed by atoms with Gasteiger partial charge in [-0.2, -0.15) is 4.80 Å². The summed E-state index contributed by atoms with van der Waals surface area (Å²) in [6, 6.07) is 11.0. The molecule has 122 valence electrons. The van der Waals surface area contributed by atoms with Crippen LogP contribution in [0.4, 0.5) is 10.1 Å². The van der Waals surface area contributed by atoms with Gasteiger partial charge in [0.25, 0.3) is 0 Å². The summed E-state index contributed by atoms with van der Waals surface area (Å²) in [7, 11) is 0. The zero-order valence-electron chi connectivity index (χ0n) is 12.1. The number of nitrogens with one attached hydrogen (secondary N) is 1. The van der Waals surface area contributed by atoms with Crippen molar-refractivity contribution in [2.24, 2.45) is 0 Å². The fraction of sp³-hybridized carbons (Fsp3) is 0.0667. The van der Waals surface area contributed by atoms with Gasteiger partial charge < -0.3 is 5.32 Å². The second-order valence-corrected chi connectivity index (χ2v) is 5.64. The van der Waals surface area contributed by atoms with E-state index in [2.05, 4.69) is 20.7 Å². The predicted molar refractivity (Wildman–Crippen MR) is 88.3 cm³/mol. The molecule has 3 rings (SSSR count). The lowest BCUT2D eigenvalue weighted by Gasteiger charge is -2.05. The van der Waals surface area contributed by atoms with Crippen LogP contribution in [0.5, 0.6) is 0 Å². The monoisotopic (exact) mass is 365 g/mol. The number of nitrogens with zero attached hydrogens (tertiary/aromatic N) is 4. The first-order valence-electron chi connectivity index (χ1n) is 6.80. The van der Waals surface area contributed by atoms with Crippen LogP contribution in [-0.2, 0) is 11.3 Å². The van der Waals surface area contributed by atoms with Gasteiger partial charge in [-0.25, -0.2) is 4.39 Å². The maximum Gasteiger partial charge on any atom is 0.248 e. The maximum atomic E-state index is 13.7. The average Bonchev–Trinajstić information content (AvgIpc) is 2.99. The number of anilines is 1. The van der Waals surface area contributed by atoms with Crippen LogP contribution in [0.15, 0.2) is 42.5 Å². The predicted octanol–water partition coefficient (Wildman–Crippen LogP) is 3.42. The van der Waals surface area contributed by atoms with Gasteiger partial charge in [-0.1, -0.05) is 35.3 Å². The molecule has 0 unspecified atom stereocenters. The molecule has 0 aliphatic carbocycles. The van der Waals surface area contributed by atoms with Crippen LogP contribution < -0.4 is 5.32 Å². The summed E-state index contributed by atoms with van der Waals surface area (Å²) in [5, 5.41) is 14.9. The van der Waals surface area contributed by atoms with E-state index in [1.54, 1.807) is 24.3 Å². The number of aromatic nitrogens is 4. The minimum Gasteiger partial charge on any atom is -0.322 e. The number of tetrazole rings is 1. The Morgan fingerprint density at radius 1 is 1.21 bits per heavy atom. The standard InChI is InChI=1S/C15H10Cl2FN5O/c16-9-5-6-13(12(18)7-9)19-14(24)8-23-21-15(20-22-23)10-3-1-2-4-11(10)17/h1-7H,8H2,(H,19,24). The van der Waals surface area contributed by atoms with Crippen molar-refractivity contribution in [3.8, 4) is 11.4 Å². The fourth-order valence-electron chi connectivity index (χ4n) is 1.97. The summed E-state index contributed by atoms with van der Waals surface area (Å²) in [6.45, 7) is -0.223. The van der Waals surface area contributed by atoms with Gasteiger partial charge in [0.2, 0.25) is 11.7 Å². The number of rotatable bonds is 4. The van der Waals surface area contributed by atoms with Crippen molar-refractivity contribution < 1.29 is 9.18 Å². The Balaban J connectivity index is 1.70. The molecule has 0 bridgehead atoms. The zero-order chi connectivity index (χ0) is 17.1. The SMILES string of the molecule is O=C(Cn1nnc(-c2ccccc2Cl)n1)Nc1ccc(Cl)cc1F. The Morgan fingerprint density at radius 3 is 2.75 bits per heavy atom. The zero-order valence-corrected chi connectivity index (χ0v) is 13.6. The Morgan fingerprint density at radius 2 is 2.00 bits per heavy atom. The van der Waals surface area contributed by atoms with E-state index >= 15 is 0 Å². The van der Waals surface area contributed by atoms with Gasteiger partial charge in [-0.05, 0) is 35.5 Å². The number of amides is 1. The highest BCUT2D eigenvalue weighted by molar-refractivity contribution is 6.33. The van der Waals surface area contributed by atoms with Crippen molar-refractivity contribution in [2.75, 3.05) is 5.32 Å². The molecule has 3 aromatic rings. The highest BCUT2D eigenvalue weighted by Gasteiger charge is 2.13. The molecule has 1 N–H and O–H groups in total. The van der Waals surface area contributed by atoms with Gasteiger partial charge in [0.1, 0.15) is 12.4 Å². The number of hydrogen-bond acceptors (Lipinski definition) is 4. The normalized spacial score (nSPS) is 10.6. The summed E-state index contributed by atoms with van der Waals surface area (Å²) in [5.74, 6) is -0.829. The number of carbonyl (C=O) groups is 1. The first-order chi connectivity index (χ1) is 11.5. The topological polar surface area (TPSA) is 72.7 Å². The third kappa shape index (κ3) is 3.69. The van der Waals surface area contributed by atoms with E-state index in [-0.39, 0.29) is 17.3 Å². The molecule has 0 radical (unpaired) electrons. The Bertz CT molecular complexity index is 899. The lowest BCUT2D eigenvalue weighted by atomic mass is 10.2. The van der Waals surface area contributed by atoms with E-state index in [9.17, 15) is 9.18 Å². The van der Waals surface area contributed by atoms with Crippen molar-refractivity contribution in [2.45, 2.75) is 6.54 Å². The van der Waals surface area contributed by atoms with Crippen molar-refractivity contribution in [1.82, 2.24) is 20.2 Å². The van der Waals surface area contributed by atoms with Crippen molar-refractivity contribution in [3.05, 3.63) is 58.3 Å². The molecule has 0 saturated carbocycles. The molecule has 2 aromatic carbocycles. The van der Waals surface area contributed by atoms with Gasteiger partial charge in [0, 0.05) is 10.6 Å². The third-order valence-electron chi connectivity index (χ3n) is 3.06. The molecule has 0 saturated heterocycles. The maximum absolute atomic E-state index is 13.7. The van der Waals surface area contributed by atoms with E-state index in [1.807, 2.05) is 0 Å². The van der Waals surface area contributed by atoms with Crippen LogP contribution in [0.2, 0.25) is 10.0 Å². The summed E-state index contributed by atoms with van der Waals surface area (Å²) in [4.78, 5) is 13.1. The average molecular weight is 366 g/mol. The van der Waals surface area contributed by atoms with Crippen molar-refractivity contribution >= 4 is 34.8 Å². The lowest BCUT2D eigenvalue weighted by Crippen LogP contribution is -2.21. The molecule has 24 heavy (non-hydrogen) atoms. The highest BCUT2D eigenvalue weighted by Crippen LogP contribution is 2.23. The first-order valence-corrected chi connectivity index (χ1v) is 7.56. The van der Waals surface area contributed by atoms with Gasteiger partial charge in [-0.3, -0.25) is 4.79 Å². The fourth-order valence-corrected chi connectivity index (χ4v) is 2.35. The summed E-state index contributed by atoms with van der Waals surface area (Å²) in [6.07, 6.45) is 0. The Hall–Kier alpha value is -2.51. The molecule has 9 heteroatoms. The van der Waals surface area contributed by atoms with E-state index in [0.29, 0.717) is 16.4 Å². The smallest absolute Gasteiger partial charge is 0.248 e. The molecule has 0 atom stereocenters. The van der Waals surface area contributed by atoms with Gasteiger partial charge in [0.05, 0.1) is 10.7 Å². The quantitative estimate of drug-likeness (QED) is 0.768. The summed E-state index contributed by atoms with van der Waals surface area (Å²) >= 11 is 11.7. The number of benzene rings is 2. The van der Waals surface area contributed by atoms with Gasteiger partial charge in [-0.15, -0.1) is 10.2 Å². The molecule has 0 aliphatic rings. The second-order valence-electron chi connectivity index (χ2n) is 4.80. The number of carbonyl (C=O) groups excluding carboxylic acids is 1. The lowest BCUT2D eigenvalue weighted by molar-refractivity contribution is -0.117. The van der Waals surface area contributed by atoms with E-state index < -0.39 is 11.7 Å². The minimum atomic E-state index is -0.626. The van der Waals surface area contributed by atoms with Crippen molar-refractivity contribution in [1.29, 1.82) is 0 Å². The summed E-state index contributed by atoms with van der Waals surface area (Å²) in [5.41, 5.74) is 0.630. The molecule has 0 spiro atoms. The molecular weight excluding hydrogens is 356 g/mol. The van der Waals surface area contributed by atoms with Gasteiger partial charge >= 0.3 is 0 Å². The molecule has 1 aromatic heterocycles. The van der Waals surface area contributed by atoms with Gasteiger partial charge in [0.15, 0.2) is 0 Å². The van der Waals surface area contributed by atoms with Crippen LogP contribution in [-0.4, -0.2) is 26.1 Å². The van der Waals surface area contributed by atoms with Crippen LogP contribution >= 0.6 is 23.2 Å². The van der Waals surface area contributed by atoms with E-state index in [0.717, 1.165) is 10.9 Å². The van der Waals surface area contributed by atoms with Crippen LogP contribution in [0.3, 0.4) is 0 Å². The Kier molecular flexibility index (Phi) is 4.73. The molecule has 0 fully saturated rings. The second kappa shape index (κ2) is 6.94. The minimum absolute atomic E-state index is 0.0239.